The molecule has 0 spiro atoms. The van der Waals surface area contributed by atoms with Crippen LogP contribution in [0.3, 0.4) is 0 Å². The number of unbranched alkanes of at least 4 members (excludes halogenated alkanes) is 1. The molecule has 0 aliphatic carbocycles. The van der Waals surface area contributed by atoms with Gasteiger partial charge in [0.25, 0.3) is 0 Å². The van der Waals surface area contributed by atoms with E-state index in [4.69, 9.17) is 0 Å². The van der Waals surface area contributed by atoms with Gasteiger partial charge in [0.15, 0.2) is 0 Å². The van der Waals surface area contributed by atoms with Crippen molar-refractivity contribution in [3.05, 3.63) is 29.6 Å². The summed E-state index contributed by atoms with van der Waals surface area (Å²) < 4.78 is 2.22. The third kappa shape index (κ3) is 2.94. The molecule has 0 saturated heterocycles. The number of fused-ring (bicyclic) bond motifs is 1. The standard InChI is InChI=1S/C17H24N2O2/c1-5-6-8-12(4)19-14-10-7-9-13(17(20)21)15(14)18-16(19)11(2)3/h7,9-12H,5-6,8H2,1-4H3,(H,20,21). The Balaban J connectivity index is 2.63. The predicted octanol–water partition coefficient (Wildman–Crippen LogP) is 4.61. The molecule has 21 heavy (non-hydrogen) atoms. The second-order valence-electron chi connectivity index (χ2n) is 5.96. The monoisotopic (exact) mass is 288 g/mol. The maximum Gasteiger partial charge on any atom is 0.337 e. The Hall–Kier alpha value is -1.84. The molecule has 1 heterocycles. The van der Waals surface area contributed by atoms with Gasteiger partial charge >= 0.3 is 5.97 Å². The first-order valence-corrected chi connectivity index (χ1v) is 7.71. The molecule has 4 heteroatoms. The lowest BCUT2D eigenvalue weighted by molar-refractivity contribution is 0.0699. The van der Waals surface area contributed by atoms with Crippen molar-refractivity contribution < 1.29 is 9.90 Å². The zero-order valence-electron chi connectivity index (χ0n) is 13.3. The number of rotatable bonds is 6. The van der Waals surface area contributed by atoms with Gasteiger partial charge in [0.1, 0.15) is 11.3 Å². The van der Waals surface area contributed by atoms with Crippen molar-refractivity contribution >= 4 is 17.0 Å². The smallest absolute Gasteiger partial charge is 0.337 e. The Bertz CT molecular complexity index is 644. The van der Waals surface area contributed by atoms with Crippen molar-refractivity contribution in [2.75, 3.05) is 0 Å². The molecule has 2 aromatic rings. The number of nitrogens with zero attached hydrogens (tertiary/aromatic N) is 2. The van der Waals surface area contributed by atoms with Crippen molar-refractivity contribution in [2.45, 2.75) is 58.9 Å². The van der Waals surface area contributed by atoms with Crippen LogP contribution >= 0.6 is 0 Å². The van der Waals surface area contributed by atoms with Crippen LogP contribution in [0.1, 0.15) is 75.1 Å². The number of carbonyl (C=O) groups is 1. The summed E-state index contributed by atoms with van der Waals surface area (Å²) in [6.07, 6.45) is 3.41. The van der Waals surface area contributed by atoms with Gasteiger partial charge in [0.05, 0.1) is 11.1 Å². The van der Waals surface area contributed by atoms with Gasteiger partial charge in [-0.25, -0.2) is 9.78 Å². The summed E-state index contributed by atoms with van der Waals surface area (Å²) in [5.41, 5.74) is 1.83. The molecular weight excluding hydrogens is 264 g/mol. The molecule has 114 valence electrons. The number of aromatic nitrogens is 2. The molecule has 0 aliphatic rings. The fourth-order valence-electron chi connectivity index (χ4n) is 2.81. The Morgan fingerprint density at radius 1 is 1.33 bits per heavy atom. The van der Waals surface area contributed by atoms with Gasteiger partial charge in [-0.2, -0.15) is 0 Å². The van der Waals surface area contributed by atoms with Crippen LogP contribution in [0, 0.1) is 0 Å². The second-order valence-corrected chi connectivity index (χ2v) is 5.96. The zero-order chi connectivity index (χ0) is 15.6. The highest BCUT2D eigenvalue weighted by Crippen LogP contribution is 2.29. The van der Waals surface area contributed by atoms with Crippen LogP contribution in [0.2, 0.25) is 0 Å². The van der Waals surface area contributed by atoms with E-state index in [1.54, 1.807) is 12.1 Å². The minimum atomic E-state index is -0.915. The third-order valence-corrected chi connectivity index (χ3v) is 3.91. The van der Waals surface area contributed by atoms with Crippen molar-refractivity contribution in [1.29, 1.82) is 0 Å². The van der Waals surface area contributed by atoms with Gasteiger partial charge in [-0.1, -0.05) is 39.7 Å². The summed E-state index contributed by atoms with van der Waals surface area (Å²) in [7, 11) is 0. The minimum Gasteiger partial charge on any atom is -0.478 e. The lowest BCUT2D eigenvalue weighted by Gasteiger charge is -2.19. The summed E-state index contributed by atoms with van der Waals surface area (Å²) in [6.45, 7) is 8.58. The Kier molecular flexibility index (Phi) is 4.66. The van der Waals surface area contributed by atoms with Gasteiger partial charge in [0, 0.05) is 12.0 Å². The summed E-state index contributed by atoms with van der Waals surface area (Å²) in [5, 5.41) is 9.35. The zero-order valence-corrected chi connectivity index (χ0v) is 13.3. The van der Waals surface area contributed by atoms with Crippen LogP contribution < -0.4 is 0 Å². The van der Waals surface area contributed by atoms with E-state index >= 15 is 0 Å². The molecule has 1 aromatic heterocycles. The number of benzene rings is 1. The molecule has 1 unspecified atom stereocenters. The van der Waals surface area contributed by atoms with Crippen molar-refractivity contribution in [1.82, 2.24) is 9.55 Å². The van der Waals surface area contributed by atoms with Crippen molar-refractivity contribution in [3.63, 3.8) is 0 Å². The average molecular weight is 288 g/mol. The van der Waals surface area contributed by atoms with Crippen LogP contribution in [0.4, 0.5) is 0 Å². The molecule has 1 aromatic carbocycles. The number of imidazole rings is 1. The number of hydrogen-bond donors (Lipinski definition) is 1. The molecule has 0 amide bonds. The number of carboxylic acids is 1. The number of aromatic carboxylic acids is 1. The number of hydrogen-bond acceptors (Lipinski definition) is 2. The Morgan fingerprint density at radius 3 is 2.62 bits per heavy atom. The quantitative estimate of drug-likeness (QED) is 0.844. The summed E-state index contributed by atoms with van der Waals surface area (Å²) in [6, 6.07) is 5.74. The van der Waals surface area contributed by atoms with E-state index in [0.29, 0.717) is 11.6 Å². The number of carboxylic acid groups (broad SMARTS) is 1. The maximum atomic E-state index is 11.4. The first kappa shape index (κ1) is 15.5. The van der Waals surface area contributed by atoms with Crippen LogP contribution in [-0.4, -0.2) is 20.6 Å². The fraction of sp³-hybridized carbons (Fsp3) is 0.529. The van der Waals surface area contributed by atoms with E-state index in [1.165, 1.54) is 0 Å². The summed E-state index contributed by atoms with van der Waals surface area (Å²) >= 11 is 0. The van der Waals surface area contributed by atoms with E-state index in [2.05, 4.69) is 37.2 Å². The average Bonchev–Trinajstić information content (AvgIpc) is 2.83. The highest BCUT2D eigenvalue weighted by Gasteiger charge is 2.21. The highest BCUT2D eigenvalue weighted by molar-refractivity contribution is 6.01. The van der Waals surface area contributed by atoms with Crippen LogP contribution in [0.15, 0.2) is 18.2 Å². The molecule has 0 saturated carbocycles. The normalized spacial score (nSPS) is 13.0. The van der Waals surface area contributed by atoms with E-state index in [1.807, 2.05) is 6.07 Å². The topological polar surface area (TPSA) is 55.1 Å². The van der Waals surface area contributed by atoms with Gasteiger partial charge < -0.3 is 9.67 Å². The highest BCUT2D eigenvalue weighted by atomic mass is 16.4. The summed E-state index contributed by atoms with van der Waals surface area (Å²) in [4.78, 5) is 16.0. The SMILES string of the molecule is CCCCC(C)n1c(C(C)C)nc2c(C(=O)O)cccc21. The Labute approximate surface area is 125 Å². The molecule has 0 radical (unpaired) electrons. The fourth-order valence-corrected chi connectivity index (χ4v) is 2.81. The molecule has 1 atom stereocenters. The van der Waals surface area contributed by atoms with E-state index < -0.39 is 5.97 Å². The number of para-hydroxylation sites is 1. The van der Waals surface area contributed by atoms with Gasteiger partial charge in [-0.15, -0.1) is 0 Å². The molecular formula is C17H24N2O2. The molecule has 0 aliphatic heterocycles. The van der Waals surface area contributed by atoms with Crippen molar-refractivity contribution in [3.8, 4) is 0 Å². The van der Waals surface area contributed by atoms with Crippen LogP contribution in [-0.2, 0) is 0 Å². The second kappa shape index (κ2) is 6.29. The van der Waals surface area contributed by atoms with Gasteiger partial charge in [-0.05, 0) is 25.5 Å². The minimum absolute atomic E-state index is 0.267. The lowest BCUT2D eigenvalue weighted by Crippen LogP contribution is -2.10. The van der Waals surface area contributed by atoms with E-state index in [-0.39, 0.29) is 11.5 Å². The first-order valence-electron chi connectivity index (χ1n) is 7.71. The molecule has 4 nitrogen and oxygen atoms in total. The Morgan fingerprint density at radius 2 is 2.05 bits per heavy atom. The largest absolute Gasteiger partial charge is 0.478 e. The third-order valence-electron chi connectivity index (χ3n) is 3.91. The molecule has 2 rings (SSSR count). The lowest BCUT2D eigenvalue weighted by atomic mass is 10.1. The van der Waals surface area contributed by atoms with Crippen LogP contribution in [0.25, 0.3) is 11.0 Å². The van der Waals surface area contributed by atoms with E-state index in [0.717, 1.165) is 30.6 Å². The maximum absolute atomic E-state index is 11.4. The van der Waals surface area contributed by atoms with Gasteiger partial charge in [0.2, 0.25) is 0 Å². The van der Waals surface area contributed by atoms with Crippen LogP contribution in [0.5, 0.6) is 0 Å². The molecule has 0 bridgehead atoms. The molecule has 0 fully saturated rings. The first-order chi connectivity index (χ1) is 9.97. The predicted molar refractivity (Wildman–Crippen MR) is 85.0 cm³/mol. The van der Waals surface area contributed by atoms with Gasteiger partial charge in [-0.3, -0.25) is 0 Å². The summed E-state index contributed by atoms with van der Waals surface area (Å²) in [5.74, 6) is 0.326. The van der Waals surface area contributed by atoms with Crippen molar-refractivity contribution in [2.24, 2.45) is 0 Å². The van der Waals surface area contributed by atoms with E-state index in [9.17, 15) is 9.90 Å². The molecule has 1 N–H and O–H groups in total.